The summed E-state index contributed by atoms with van der Waals surface area (Å²) in [6.07, 6.45) is 4.15. The highest BCUT2D eigenvalue weighted by Crippen LogP contribution is 2.23. The standard InChI is InChI=1S/C18H21N5O3S/c19-18-20-11-14-7-10-22(12-16(14)21-18)17(24)13-3-5-15(6-4-13)27(25,26)23-8-1-2-9-23/h3-6,11H,1-2,7-10,12H2,(H2,19,20,21). The number of hydrogen-bond acceptors (Lipinski definition) is 6. The van der Waals surface area contributed by atoms with E-state index in [9.17, 15) is 13.2 Å². The average molecular weight is 387 g/mol. The van der Waals surface area contributed by atoms with Crippen molar-refractivity contribution in [2.24, 2.45) is 0 Å². The topological polar surface area (TPSA) is 109 Å². The van der Waals surface area contributed by atoms with Gasteiger partial charge in [-0.15, -0.1) is 0 Å². The Kier molecular flexibility index (Phi) is 4.56. The van der Waals surface area contributed by atoms with E-state index in [4.69, 9.17) is 5.73 Å². The lowest BCUT2D eigenvalue weighted by Gasteiger charge is -2.28. The van der Waals surface area contributed by atoms with E-state index in [1.54, 1.807) is 23.2 Å². The monoisotopic (exact) mass is 387 g/mol. The highest BCUT2D eigenvalue weighted by atomic mass is 32.2. The third-order valence-electron chi connectivity index (χ3n) is 5.06. The Bertz CT molecular complexity index is 969. The van der Waals surface area contributed by atoms with E-state index in [-0.39, 0.29) is 16.8 Å². The van der Waals surface area contributed by atoms with Gasteiger partial charge in [0, 0.05) is 31.4 Å². The zero-order valence-electron chi connectivity index (χ0n) is 14.8. The normalized spacial score (nSPS) is 17.7. The molecule has 0 unspecified atom stereocenters. The first kappa shape index (κ1) is 17.9. The Morgan fingerprint density at radius 3 is 2.48 bits per heavy atom. The number of amides is 1. The first-order chi connectivity index (χ1) is 12.9. The number of nitrogen functional groups attached to an aromatic ring is 1. The highest BCUT2D eigenvalue weighted by Gasteiger charge is 2.28. The van der Waals surface area contributed by atoms with Crippen LogP contribution in [0.5, 0.6) is 0 Å². The Hall–Kier alpha value is -2.52. The van der Waals surface area contributed by atoms with E-state index in [1.807, 2.05) is 0 Å². The Morgan fingerprint density at radius 2 is 1.78 bits per heavy atom. The van der Waals surface area contributed by atoms with Gasteiger partial charge in [0.2, 0.25) is 16.0 Å². The Balaban J connectivity index is 1.51. The molecule has 2 aliphatic heterocycles. The number of sulfonamides is 1. The van der Waals surface area contributed by atoms with Gasteiger partial charge in [-0.1, -0.05) is 0 Å². The lowest BCUT2D eigenvalue weighted by molar-refractivity contribution is 0.0731. The molecule has 0 spiro atoms. The number of aromatic nitrogens is 2. The van der Waals surface area contributed by atoms with Crippen molar-refractivity contribution in [1.29, 1.82) is 0 Å². The van der Waals surface area contributed by atoms with Gasteiger partial charge in [-0.25, -0.2) is 18.4 Å². The summed E-state index contributed by atoms with van der Waals surface area (Å²) in [4.78, 5) is 22.9. The van der Waals surface area contributed by atoms with Crippen molar-refractivity contribution < 1.29 is 13.2 Å². The zero-order valence-corrected chi connectivity index (χ0v) is 15.7. The van der Waals surface area contributed by atoms with Crippen LogP contribution < -0.4 is 5.73 Å². The molecule has 0 saturated carbocycles. The van der Waals surface area contributed by atoms with Gasteiger partial charge in [-0.3, -0.25) is 4.79 Å². The summed E-state index contributed by atoms with van der Waals surface area (Å²) in [7, 11) is -3.47. The van der Waals surface area contributed by atoms with E-state index < -0.39 is 10.0 Å². The minimum absolute atomic E-state index is 0.150. The van der Waals surface area contributed by atoms with Crippen LogP contribution in [-0.2, 0) is 23.0 Å². The molecular weight excluding hydrogens is 366 g/mol. The second-order valence-electron chi connectivity index (χ2n) is 6.81. The van der Waals surface area contributed by atoms with Gasteiger partial charge >= 0.3 is 0 Å². The maximum atomic E-state index is 12.8. The molecule has 2 aromatic rings. The molecule has 1 amide bonds. The van der Waals surface area contributed by atoms with Crippen molar-refractivity contribution in [2.75, 3.05) is 25.4 Å². The van der Waals surface area contributed by atoms with Crippen molar-refractivity contribution in [3.8, 4) is 0 Å². The summed E-state index contributed by atoms with van der Waals surface area (Å²) in [5.41, 5.74) is 7.86. The molecule has 9 heteroatoms. The fourth-order valence-corrected chi connectivity index (χ4v) is 5.04. The second kappa shape index (κ2) is 6.90. The van der Waals surface area contributed by atoms with E-state index in [0.717, 1.165) is 24.1 Å². The van der Waals surface area contributed by atoms with Crippen LogP contribution in [0, 0.1) is 0 Å². The highest BCUT2D eigenvalue weighted by molar-refractivity contribution is 7.89. The predicted molar refractivity (Wildman–Crippen MR) is 99.3 cm³/mol. The largest absolute Gasteiger partial charge is 0.368 e. The third kappa shape index (κ3) is 3.40. The molecule has 0 bridgehead atoms. The first-order valence-electron chi connectivity index (χ1n) is 8.95. The van der Waals surface area contributed by atoms with Crippen LogP contribution in [0.4, 0.5) is 5.95 Å². The minimum atomic E-state index is -3.47. The van der Waals surface area contributed by atoms with Gasteiger partial charge in [0.1, 0.15) is 0 Å². The number of anilines is 1. The summed E-state index contributed by atoms with van der Waals surface area (Å²) in [5, 5.41) is 0. The van der Waals surface area contributed by atoms with Crippen LogP contribution in [0.3, 0.4) is 0 Å². The molecule has 2 N–H and O–H groups in total. The van der Waals surface area contributed by atoms with Crippen molar-refractivity contribution in [3.05, 3.63) is 47.3 Å². The Labute approximate surface area is 158 Å². The SMILES string of the molecule is Nc1ncc2c(n1)CN(C(=O)c1ccc(S(=O)(=O)N3CCCC3)cc1)CC2. The van der Waals surface area contributed by atoms with E-state index >= 15 is 0 Å². The number of carbonyl (C=O) groups is 1. The van der Waals surface area contributed by atoms with E-state index in [1.165, 1.54) is 16.4 Å². The summed E-state index contributed by atoms with van der Waals surface area (Å²) in [6.45, 7) is 2.05. The molecule has 0 radical (unpaired) electrons. The van der Waals surface area contributed by atoms with Gasteiger partial charge in [0.15, 0.2) is 0 Å². The lowest BCUT2D eigenvalue weighted by atomic mass is 10.1. The maximum Gasteiger partial charge on any atom is 0.254 e. The molecule has 142 valence electrons. The van der Waals surface area contributed by atoms with Gasteiger partial charge in [-0.2, -0.15) is 4.31 Å². The second-order valence-corrected chi connectivity index (χ2v) is 8.75. The summed E-state index contributed by atoms with van der Waals surface area (Å²) in [6, 6.07) is 6.18. The summed E-state index contributed by atoms with van der Waals surface area (Å²) in [5.74, 6) is 0.0440. The van der Waals surface area contributed by atoms with Crippen LogP contribution in [-0.4, -0.2) is 53.1 Å². The van der Waals surface area contributed by atoms with Crippen LogP contribution in [0.2, 0.25) is 0 Å². The van der Waals surface area contributed by atoms with Gasteiger partial charge in [0.05, 0.1) is 17.1 Å². The molecule has 1 fully saturated rings. The minimum Gasteiger partial charge on any atom is -0.368 e. The molecule has 2 aliphatic rings. The molecule has 8 nitrogen and oxygen atoms in total. The smallest absolute Gasteiger partial charge is 0.254 e. The van der Waals surface area contributed by atoms with Crippen LogP contribution in [0.25, 0.3) is 0 Å². The number of nitrogens with zero attached hydrogens (tertiary/aromatic N) is 4. The van der Waals surface area contributed by atoms with Crippen LogP contribution in [0.1, 0.15) is 34.5 Å². The molecule has 0 aliphatic carbocycles. The lowest BCUT2D eigenvalue weighted by Crippen LogP contribution is -2.36. The quantitative estimate of drug-likeness (QED) is 0.843. The third-order valence-corrected chi connectivity index (χ3v) is 6.97. The molecule has 4 rings (SSSR count). The number of rotatable bonds is 3. The number of carbonyl (C=O) groups excluding carboxylic acids is 1. The van der Waals surface area contributed by atoms with Gasteiger partial charge < -0.3 is 10.6 Å². The average Bonchev–Trinajstić information content (AvgIpc) is 3.22. The molecule has 1 aromatic heterocycles. The molecule has 3 heterocycles. The molecule has 27 heavy (non-hydrogen) atoms. The van der Waals surface area contributed by atoms with Crippen LogP contribution >= 0.6 is 0 Å². The van der Waals surface area contributed by atoms with Gasteiger partial charge in [-0.05, 0) is 49.1 Å². The predicted octanol–water partition coefficient (Wildman–Crippen LogP) is 1.04. The van der Waals surface area contributed by atoms with Gasteiger partial charge in [0.25, 0.3) is 5.91 Å². The number of hydrogen-bond donors (Lipinski definition) is 1. The van der Waals surface area contributed by atoms with Crippen LogP contribution in [0.15, 0.2) is 35.4 Å². The summed E-state index contributed by atoms with van der Waals surface area (Å²) >= 11 is 0. The van der Waals surface area contributed by atoms with Crippen molar-refractivity contribution in [1.82, 2.24) is 19.2 Å². The zero-order chi connectivity index (χ0) is 19.0. The maximum absolute atomic E-state index is 12.8. The molecule has 1 saturated heterocycles. The van der Waals surface area contributed by atoms with E-state index in [2.05, 4.69) is 9.97 Å². The van der Waals surface area contributed by atoms with Crippen molar-refractivity contribution in [3.63, 3.8) is 0 Å². The molecular formula is C18H21N5O3S. The summed E-state index contributed by atoms with van der Waals surface area (Å²) < 4.78 is 26.7. The van der Waals surface area contributed by atoms with Crippen molar-refractivity contribution >= 4 is 21.9 Å². The number of benzene rings is 1. The molecule has 0 atom stereocenters. The van der Waals surface area contributed by atoms with Crippen molar-refractivity contribution in [2.45, 2.75) is 30.7 Å². The first-order valence-corrected chi connectivity index (χ1v) is 10.4. The number of nitrogens with two attached hydrogens (primary N) is 1. The molecule has 1 aromatic carbocycles. The fourth-order valence-electron chi connectivity index (χ4n) is 3.52. The van der Waals surface area contributed by atoms with E-state index in [0.29, 0.717) is 38.2 Å². The number of fused-ring (bicyclic) bond motifs is 1. The fraction of sp³-hybridized carbons (Fsp3) is 0.389. The Morgan fingerprint density at radius 1 is 1.07 bits per heavy atom.